The Balaban J connectivity index is 2.54. The van der Waals surface area contributed by atoms with E-state index in [1.165, 1.54) is 16.7 Å². The maximum atomic E-state index is 11.7. The van der Waals surface area contributed by atoms with Crippen LogP contribution in [0.25, 0.3) is 0 Å². The van der Waals surface area contributed by atoms with E-state index in [1.807, 2.05) is 20.8 Å². The summed E-state index contributed by atoms with van der Waals surface area (Å²) in [5, 5.41) is 3.26. The summed E-state index contributed by atoms with van der Waals surface area (Å²) < 4.78 is 5.05. The molecule has 0 aromatic heterocycles. The number of carbonyl (C=O) groups is 1. The number of benzene rings is 1. The van der Waals surface area contributed by atoms with E-state index in [4.69, 9.17) is 4.74 Å². The van der Waals surface area contributed by atoms with Crippen molar-refractivity contribution in [1.29, 1.82) is 0 Å². The summed E-state index contributed by atoms with van der Waals surface area (Å²) in [5.74, 6) is -0.198. The molecule has 0 amide bonds. The number of aryl methyl sites for hydroxylation is 2. The van der Waals surface area contributed by atoms with Crippen LogP contribution in [0.3, 0.4) is 0 Å². The lowest BCUT2D eigenvalue weighted by Crippen LogP contribution is -2.48. The van der Waals surface area contributed by atoms with Crippen LogP contribution >= 0.6 is 0 Å². The highest BCUT2D eigenvalue weighted by atomic mass is 16.5. The molecule has 1 aromatic rings. The van der Waals surface area contributed by atoms with Crippen molar-refractivity contribution in [1.82, 2.24) is 5.32 Å². The number of hydrogen-bond acceptors (Lipinski definition) is 3. The summed E-state index contributed by atoms with van der Waals surface area (Å²) in [7, 11) is 0. The fraction of sp³-hybridized carbons (Fsp3) is 0.562. The van der Waals surface area contributed by atoms with E-state index in [2.05, 4.69) is 37.4 Å². The number of ether oxygens (including phenoxy) is 1. The standard InChI is InChI=1S/C16H25NO2/c1-6-19-15(18)16(4,5)17-10-9-14-11-12(2)7-8-13(14)3/h7-8,11,17H,6,9-10H2,1-5H3. The SMILES string of the molecule is CCOC(=O)C(C)(C)NCCc1cc(C)ccc1C. The van der Waals surface area contributed by atoms with Crippen molar-refractivity contribution in [2.45, 2.75) is 46.6 Å². The van der Waals surface area contributed by atoms with E-state index < -0.39 is 5.54 Å². The molecular formula is C16H25NO2. The second kappa shape index (κ2) is 6.71. The van der Waals surface area contributed by atoms with E-state index >= 15 is 0 Å². The Labute approximate surface area is 116 Å². The summed E-state index contributed by atoms with van der Waals surface area (Å²) >= 11 is 0. The van der Waals surface area contributed by atoms with E-state index in [9.17, 15) is 4.79 Å². The Morgan fingerprint density at radius 2 is 2.00 bits per heavy atom. The summed E-state index contributed by atoms with van der Waals surface area (Å²) in [5.41, 5.74) is 3.26. The molecule has 0 aliphatic carbocycles. The van der Waals surface area contributed by atoms with Crippen molar-refractivity contribution in [3.8, 4) is 0 Å². The molecule has 0 unspecified atom stereocenters. The molecule has 0 radical (unpaired) electrons. The number of carbonyl (C=O) groups excluding carboxylic acids is 1. The molecule has 0 atom stereocenters. The van der Waals surface area contributed by atoms with Gasteiger partial charge in [0.05, 0.1) is 6.61 Å². The Hall–Kier alpha value is -1.35. The predicted octanol–water partition coefficient (Wildman–Crippen LogP) is 2.78. The molecule has 1 N–H and O–H groups in total. The highest BCUT2D eigenvalue weighted by Gasteiger charge is 2.27. The zero-order valence-corrected chi connectivity index (χ0v) is 12.7. The molecule has 0 bridgehead atoms. The molecule has 19 heavy (non-hydrogen) atoms. The topological polar surface area (TPSA) is 38.3 Å². The summed E-state index contributed by atoms with van der Waals surface area (Å²) in [4.78, 5) is 11.7. The Morgan fingerprint density at radius 3 is 2.63 bits per heavy atom. The Morgan fingerprint density at radius 1 is 1.32 bits per heavy atom. The molecular weight excluding hydrogens is 238 g/mol. The van der Waals surface area contributed by atoms with Crippen molar-refractivity contribution >= 4 is 5.97 Å². The third-order valence-electron chi connectivity index (χ3n) is 3.25. The van der Waals surface area contributed by atoms with Gasteiger partial charge in [0.25, 0.3) is 0 Å². The first-order valence-electron chi connectivity index (χ1n) is 6.85. The highest BCUT2D eigenvalue weighted by molar-refractivity contribution is 5.79. The lowest BCUT2D eigenvalue weighted by molar-refractivity contribution is -0.149. The average molecular weight is 263 g/mol. The van der Waals surface area contributed by atoms with Crippen LogP contribution in [0, 0.1) is 13.8 Å². The van der Waals surface area contributed by atoms with Crippen LogP contribution in [-0.4, -0.2) is 24.7 Å². The quantitative estimate of drug-likeness (QED) is 0.802. The minimum atomic E-state index is -0.631. The van der Waals surface area contributed by atoms with Gasteiger partial charge in [-0.3, -0.25) is 4.79 Å². The van der Waals surface area contributed by atoms with Crippen LogP contribution in [0.2, 0.25) is 0 Å². The number of esters is 1. The second-order valence-corrected chi connectivity index (χ2v) is 5.45. The van der Waals surface area contributed by atoms with Crippen LogP contribution < -0.4 is 5.32 Å². The van der Waals surface area contributed by atoms with Crippen LogP contribution in [0.4, 0.5) is 0 Å². The van der Waals surface area contributed by atoms with Crippen molar-refractivity contribution in [3.05, 3.63) is 34.9 Å². The highest BCUT2D eigenvalue weighted by Crippen LogP contribution is 2.12. The van der Waals surface area contributed by atoms with Crippen LogP contribution in [-0.2, 0) is 16.0 Å². The average Bonchev–Trinajstić information content (AvgIpc) is 2.33. The van der Waals surface area contributed by atoms with Gasteiger partial charge in [0, 0.05) is 6.54 Å². The van der Waals surface area contributed by atoms with Gasteiger partial charge in [-0.15, -0.1) is 0 Å². The van der Waals surface area contributed by atoms with Crippen molar-refractivity contribution in [2.24, 2.45) is 0 Å². The van der Waals surface area contributed by atoms with Crippen LogP contribution in [0.1, 0.15) is 37.5 Å². The summed E-state index contributed by atoms with van der Waals surface area (Å²) in [6, 6.07) is 6.46. The maximum Gasteiger partial charge on any atom is 0.325 e. The second-order valence-electron chi connectivity index (χ2n) is 5.45. The molecule has 0 aliphatic heterocycles. The largest absolute Gasteiger partial charge is 0.465 e. The fourth-order valence-corrected chi connectivity index (χ4v) is 1.96. The molecule has 1 aromatic carbocycles. The van der Waals surface area contributed by atoms with Crippen molar-refractivity contribution in [2.75, 3.05) is 13.2 Å². The molecule has 0 heterocycles. The van der Waals surface area contributed by atoms with Crippen LogP contribution in [0.5, 0.6) is 0 Å². The van der Waals surface area contributed by atoms with E-state index in [0.717, 1.165) is 13.0 Å². The van der Waals surface area contributed by atoms with E-state index in [1.54, 1.807) is 0 Å². The van der Waals surface area contributed by atoms with Crippen molar-refractivity contribution in [3.63, 3.8) is 0 Å². The van der Waals surface area contributed by atoms with Gasteiger partial charge in [-0.1, -0.05) is 23.8 Å². The van der Waals surface area contributed by atoms with Gasteiger partial charge in [-0.2, -0.15) is 0 Å². The van der Waals surface area contributed by atoms with Gasteiger partial charge in [0.1, 0.15) is 5.54 Å². The van der Waals surface area contributed by atoms with Gasteiger partial charge in [0.2, 0.25) is 0 Å². The molecule has 0 fully saturated rings. The van der Waals surface area contributed by atoms with Gasteiger partial charge >= 0.3 is 5.97 Å². The molecule has 0 saturated carbocycles. The van der Waals surface area contributed by atoms with E-state index in [-0.39, 0.29) is 5.97 Å². The fourth-order valence-electron chi connectivity index (χ4n) is 1.96. The first-order chi connectivity index (χ1) is 8.86. The van der Waals surface area contributed by atoms with E-state index in [0.29, 0.717) is 6.61 Å². The first kappa shape index (κ1) is 15.7. The number of hydrogen-bond donors (Lipinski definition) is 1. The molecule has 3 nitrogen and oxygen atoms in total. The van der Waals surface area contributed by atoms with Crippen LogP contribution in [0.15, 0.2) is 18.2 Å². The predicted molar refractivity (Wildman–Crippen MR) is 78.3 cm³/mol. The Kier molecular flexibility index (Phi) is 5.55. The van der Waals surface area contributed by atoms with Gasteiger partial charge in [-0.05, 0) is 52.2 Å². The Bertz CT molecular complexity index is 438. The molecule has 0 spiro atoms. The molecule has 106 valence electrons. The molecule has 3 heteroatoms. The number of nitrogens with one attached hydrogen (secondary N) is 1. The minimum absolute atomic E-state index is 0.198. The smallest absolute Gasteiger partial charge is 0.325 e. The monoisotopic (exact) mass is 263 g/mol. The van der Waals surface area contributed by atoms with Gasteiger partial charge in [-0.25, -0.2) is 0 Å². The van der Waals surface area contributed by atoms with Crippen molar-refractivity contribution < 1.29 is 9.53 Å². The third kappa shape index (κ3) is 4.67. The molecule has 1 rings (SSSR count). The molecule has 0 saturated heterocycles. The summed E-state index contributed by atoms with van der Waals surface area (Å²) in [6.07, 6.45) is 0.913. The maximum absolute atomic E-state index is 11.7. The zero-order valence-electron chi connectivity index (χ0n) is 12.7. The lowest BCUT2D eigenvalue weighted by atomic mass is 10.0. The zero-order chi connectivity index (χ0) is 14.5. The first-order valence-corrected chi connectivity index (χ1v) is 6.85. The van der Waals surface area contributed by atoms with Gasteiger partial charge in [0.15, 0.2) is 0 Å². The normalized spacial score (nSPS) is 11.4. The number of rotatable bonds is 6. The third-order valence-corrected chi connectivity index (χ3v) is 3.25. The molecule has 0 aliphatic rings. The lowest BCUT2D eigenvalue weighted by Gasteiger charge is -2.24. The summed E-state index contributed by atoms with van der Waals surface area (Å²) in [6.45, 7) is 10.9. The minimum Gasteiger partial charge on any atom is -0.465 e. The van der Waals surface area contributed by atoms with Gasteiger partial charge < -0.3 is 10.1 Å².